The maximum absolute atomic E-state index is 14.0. The molecular formula is C24H22FN3O2S. The van der Waals surface area contributed by atoms with Gasteiger partial charge in [-0.25, -0.2) is 9.18 Å². The summed E-state index contributed by atoms with van der Waals surface area (Å²) in [5, 5.41) is 5.47. The summed E-state index contributed by atoms with van der Waals surface area (Å²) < 4.78 is 14.0. The van der Waals surface area contributed by atoms with Crippen molar-refractivity contribution >= 4 is 34.0 Å². The van der Waals surface area contributed by atoms with Crippen LogP contribution >= 0.6 is 11.3 Å². The van der Waals surface area contributed by atoms with Crippen molar-refractivity contribution < 1.29 is 9.18 Å². The Hall–Kier alpha value is -3.45. The molecule has 2 N–H and O–H groups in total. The number of aryl methyl sites for hydroxylation is 1. The number of para-hydroxylation sites is 1. The Labute approximate surface area is 183 Å². The lowest BCUT2D eigenvalue weighted by Gasteiger charge is -2.23. The largest absolute Gasteiger partial charge is 0.322 e. The number of carbonyl (C=O) groups is 1. The quantitative estimate of drug-likeness (QED) is 0.418. The van der Waals surface area contributed by atoms with Crippen LogP contribution in [0.3, 0.4) is 0 Å². The van der Waals surface area contributed by atoms with E-state index in [1.54, 1.807) is 12.1 Å². The first-order valence-corrected chi connectivity index (χ1v) is 10.9. The van der Waals surface area contributed by atoms with Gasteiger partial charge in [0.15, 0.2) is 0 Å². The zero-order chi connectivity index (χ0) is 21.8. The van der Waals surface area contributed by atoms with Crippen molar-refractivity contribution in [3.05, 3.63) is 98.2 Å². The van der Waals surface area contributed by atoms with Crippen molar-refractivity contribution in [3.63, 3.8) is 0 Å². The highest BCUT2D eigenvalue weighted by molar-refractivity contribution is 7.09. The fourth-order valence-electron chi connectivity index (χ4n) is 3.39. The topological polar surface area (TPSA) is 65.2 Å². The van der Waals surface area contributed by atoms with Crippen LogP contribution in [0.25, 0.3) is 10.9 Å². The molecule has 5 nitrogen and oxygen atoms in total. The van der Waals surface area contributed by atoms with Gasteiger partial charge in [0.2, 0.25) is 0 Å². The first-order chi connectivity index (χ1) is 15.0. The van der Waals surface area contributed by atoms with Crippen LogP contribution in [0.4, 0.5) is 14.9 Å². The van der Waals surface area contributed by atoms with E-state index < -0.39 is 11.8 Å². The number of aromatic amines is 1. The Bertz CT molecular complexity index is 1270. The molecule has 0 aliphatic carbocycles. The molecule has 4 rings (SSSR count). The highest BCUT2D eigenvalue weighted by Crippen LogP contribution is 2.19. The molecule has 158 valence electrons. The van der Waals surface area contributed by atoms with Crippen LogP contribution in [0.5, 0.6) is 0 Å². The third kappa shape index (κ3) is 4.83. The van der Waals surface area contributed by atoms with Gasteiger partial charge in [0, 0.05) is 16.0 Å². The highest BCUT2D eigenvalue weighted by Gasteiger charge is 2.18. The zero-order valence-corrected chi connectivity index (χ0v) is 17.8. The number of anilines is 1. The van der Waals surface area contributed by atoms with Gasteiger partial charge in [-0.3, -0.25) is 4.79 Å². The van der Waals surface area contributed by atoms with E-state index in [0.29, 0.717) is 12.1 Å². The van der Waals surface area contributed by atoms with Gasteiger partial charge in [-0.2, -0.15) is 0 Å². The molecule has 0 unspecified atom stereocenters. The van der Waals surface area contributed by atoms with Gasteiger partial charge in [0.1, 0.15) is 5.82 Å². The number of halogens is 1. The number of nitrogens with zero attached hydrogens (tertiary/aromatic N) is 1. The average Bonchev–Trinajstić information content (AvgIpc) is 3.28. The summed E-state index contributed by atoms with van der Waals surface area (Å²) in [7, 11) is 0. The Morgan fingerprint density at radius 2 is 1.94 bits per heavy atom. The van der Waals surface area contributed by atoms with Crippen molar-refractivity contribution in [1.82, 2.24) is 9.88 Å². The number of urea groups is 1. The Balaban J connectivity index is 1.65. The Kier molecular flexibility index (Phi) is 6.13. The summed E-state index contributed by atoms with van der Waals surface area (Å²) in [6.07, 6.45) is 0.889. The Morgan fingerprint density at radius 1 is 1.10 bits per heavy atom. The van der Waals surface area contributed by atoms with Gasteiger partial charge in [0.25, 0.3) is 5.56 Å². The number of amides is 2. The summed E-state index contributed by atoms with van der Waals surface area (Å²) >= 11 is 1.52. The minimum atomic E-state index is -0.512. The zero-order valence-electron chi connectivity index (χ0n) is 17.0. The number of fused-ring (bicyclic) bond motifs is 1. The molecule has 7 heteroatoms. The predicted molar refractivity (Wildman–Crippen MR) is 123 cm³/mol. The summed E-state index contributed by atoms with van der Waals surface area (Å²) in [5.74, 6) is -0.512. The molecular weight excluding hydrogens is 413 g/mol. The summed E-state index contributed by atoms with van der Waals surface area (Å²) in [4.78, 5) is 31.1. The van der Waals surface area contributed by atoms with Crippen molar-refractivity contribution in [2.24, 2.45) is 0 Å². The molecule has 0 saturated carbocycles. The third-order valence-electron chi connectivity index (χ3n) is 5.08. The predicted octanol–water partition coefficient (Wildman–Crippen LogP) is 5.53. The van der Waals surface area contributed by atoms with Crippen molar-refractivity contribution in [3.8, 4) is 0 Å². The number of pyridine rings is 1. The van der Waals surface area contributed by atoms with Crippen LogP contribution in [-0.4, -0.2) is 15.9 Å². The second-order valence-electron chi connectivity index (χ2n) is 7.24. The number of carbonyl (C=O) groups excluding carboxylic acids is 1. The monoisotopic (exact) mass is 435 g/mol. The minimum Gasteiger partial charge on any atom is -0.322 e. The molecule has 2 aromatic carbocycles. The summed E-state index contributed by atoms with van der Waals surface area (Å²) in [5.41, 5.74) is 2.25. The van der Waals surface area contributed by atoms with Gasteiger partial charge < -0.3 is 15.2 Å². The average molecular weight is 436 g/mol. The number of benzene rings is 2. The lowest BCUT2D eigenvalue weighted by molar-refractivity contribution is 0.206. The first-order valence-electron chi connectivity index (χ1n) is 10.0. The fourth-order valence-corrected chi connectivity index (χ4v) is 4.11. The smallest absolute Gasteiger partial charge is 0.322 e. The number of hydrogen-bond acceptors (Lipinski definition) is 3. The van der Waals surface area contributed by atoms with Crippen LogP contribution < -0.4 is 10.9 Å². The molecule has 31 heavy (non-hydrogen) atoms. The van der Waals surface area contributed by atoms with Crippen LogP contribution in [0, 0.1) is 5.82 Å². The fraction of sp³-hybridized carbons (Fsp3) is 0.167. The first kappa shape index (κ1) is 20.8. The molecule has 0 spiro atoms. The van der Waals surface area contributed by atoms with Gasteiger partial charge in [0.05, 0.1) is 18.8 Å². The molecule has 0 aliphatic rings. The Morgan fingerprint density at radius 3 is 2.68 bits per heavy atom. The van der Waals surface area contributed by atoms with Gasteiger partial charge in [-0.1, -0.05) is 31.2 Å². The van der Waals surface area contributed by atoms with E-state index in [0.717, 1.165) is 22.2 Å². The molecule has 4 aromatic rings. The van der Waals surface area contributed by atoms with Crippen molar-refractivity contribution in [2.75, 3.05) is 5.32 Å². The van der Waals surface area contributed by atoms with E-state index in [9.17, 15) is 14.0 Å². The molecule has 0 bridgehead atoms. The number of rotatable bonds is 6. The molecule has 0 radical (unpaired) electrons. The second kappa shape index (κ2) is 9.14. The van der Waals surface area contributed by atoms with E-state index in [-0.39, 0.29) is 17.8 Å². The highest BCUT2D eigenvalue weighted by atomic mass is 32.1. The normalized spacial score (nSPS) is 10.9. The number of nitrogens with one attached hydrogen (secondary N) is 2. The molecule has 2 aromatic heterocycles. The van der Waals surface area contributed by atoms with E-state index >= 15 is 0 Å². The van der Waals surface area contributed by atoms with E-state index in [1.807, 2.05) is 41.8 Å². The maximum Gasteiger partial charge on any atom is 0.322 e. The molecule has 0 aliphatic heterocycles. The lowest BCUT2D eigenvalue weighted by atomic mass is 10.1. The lowest BCUT2D eigenvalue weighted by Crippen LogP contribution is -2.35. The molecule has 0 fully saturated rings. The van der Waals surface area contributed by atoms with E-state index in [1.165, 1.54) is 33.9 Å². The third-order valence-corrected chi connectivity index (χ3v) is 5.95. The number of thiophene rings is 1. The maximum atomic E-state index is 14.0. The van der Waals surface area contributed by atoms with Crippen LogP contribution in [0.15, 0.2) is 70.8 Å². The van der Waals surface area contributed by atoms with E-state index in [2.05, 4.69) is 17.2 Å². The molecule has 0 saturated heterocycles. The van der Waals surface area contributed by atoms with Gasteiger partial charge in [-0.05, 0) is 59.1 Å². The molecule has 2 amide bonds. The van der Waals surface area contributed by atoms with Crippen molar-refractivity contribution in [2.45, 2.75) is 26.4 Å². The van der Waals surface area contributed by atoms with E-state index in [4.69, 9.17) is 0 Å². The minimum absolute atomic E-state index is 0.0970. The second-order valence-corrected chi connectivity index (χ2v) is 8.28. The van der Waals surface area contributed by atoms with Crippen molar-refractivity contribution in [1.29, 1.82) is 0 Å². The molecule has 2 heterocycles. The summed E-state index contributed by atoms with van der Waals surface area (Å²) in [6, 6.07) is 17.1. The van der Waals surface area contributed by atoms with Crippen LogP contribution in [-0.2, 0) is 19.5 Å². The number of hydrogen-bond donors (Lipinski definition) is 2. The van der Waals surface area contributed by atoms with Crippen LogP contribution in [0.1, 0.15) is 22.9 Å². The standard InChI is InChI=1S/C24H22FN3O2S/c1-2-16-9-10-21-17(12-16)13-18(23(29)26-21)14-28(15-19-6-5-11-31-19)24(30)27-22-8-4-3-7-20(22)25/h3-13H,2,14-15H2,1H3,(H,26,29)(H,27,30). The molecule has 0 atom stereocenters. The van der Waals surface area contributed by atoms with Crippen LogP contribution in [0.2, 0.25) is 0 Å². The SMILES string of the molecule is CCc1ccc2[nH]c(=O)c(CN(Cc3cccs3)C(=O)Nc3ccccc3F)cc2c1. The van der Waals surface area contributed by atoms with Gasteiger partial charge in [-0.15, -0.1) is 11.3 Å². The number of aromatic nitrogens is 1. The summed E-state index contributed by atoms with van der Waals surface area (Å²) in [6.45, 7) is 2.48. The number of H-pyrrole nitrogens is 1. The van der Waals surface area contributed by atoms with Gasteiger partial charge >= 0.3 is 6.03 Å².